The van der Waals surface area contributed by atoms with Gasteiger partial charge in [0.1, 0.15) is 0 Å². The summed E-state index contributed by atoms with van der Waals surface area (Å²) >= 11 is 0. The second-order valence-electron chi connectivity index (χ2n) is 7.00. The van der Waals surface area contributed by atoms with Gasteiger partial charge in [-0.1, -0.05) is 33.6 Å². The fourth-order valence-corrected chi connectivity index (χ4v) is 4.83. The van der Waals surface area contributed by atoms with Gasteiger partial charge in [-0.3, -0.25) is 0 Å². The normalized spacial score (nSPS) is 27.1. The Morgan fingerprint density at radius 1 is 1.24 bits per heavy atom. The molecule has 0 bridgehead atoms. The van der Waals surface area contributed by atoms with Crippen molar-refractivity contribution in [3.8, 4) is 0 Å². The van der Waals surface area contributed by atoms with Gasteiger partial charge in [0, 0.05) is 19.8 Å². The van der Waals surface area contributed by atoms with Crippen molar-refractivity contribution in [2.24, 2.45) is 5.92 Å². The van der Waals surface area contributed by atoms with Crippen molar-refractivity contribution in [1.82, 2.24) is 5.32 Å². The highest BCUT2D eigenvalue weighted by Gasteiger charge is 2.47. The Morgan fingerprint density at radius 2 is 1.90 bits per heavy atom. The highest BCUT2D eigenvalue weighted by atomic mass is 16.5. The van der Waals surface area contributed by atoms with Crippen LogP contribution in [0.25, 0.3) is 0 Å². The fraction of sp³-hybridized carbons (Fsp3) is 1.00. The number of likely N-dealkylation sites (N-methyl/N-ethyl adjacent to an activating group) is 1. The van der Waals surface area contributed by atoms with Crippen LogP contribution in [-0.2, 0) is 9.47 Å². The Kier molecular flexibility index (Phi) is 6.10. The highest BCUT2D eigenvalue weighted by molar-refractivity contribution is 5.01. The lowest BCUT2D eigenvalue weighted by atomic mass is 9.73. The minimum Gasteiger partial charge on any atom is -0.377 e. The number of methoxy groups -OCH3 is 1. The van der Waals surface area contributed by atoms with Crippen molar-refractivity contribution in [3.63, 3.8) is 0 Å². The zero-order valence-corrected chi connectivity index (χ0v) is 14.5. The van der Waals surface area contributed by atoms with E-state index in [1.165, 1.54) is 38.5 Å². The van der Waals surface area contributed by atoms with Crippen molar-refractivity contribution in [2.45, 2.75) is 89.4 Å². The lowest BCUT2D eigenvalue weighted by Crippen LogP contribution is -2.58. The van der Waals surface area contributed by atoms with Gasteiger partial charge in [-0.25, -0.2) is 0 Å². The average Bonchev–Trinajstić information content (AvgIpc) is 2.96. The molecule has 2 unspecified atom stereocenters. The van der Waals surface area contributed by atoms with E-state index in [4.69, 9.17) is 9.47 Å². The van der Waals surface area contributed by atoms with Gasteiger partial charge in [0.2, 0.25) is 0 Å². The summed E-state index contributed by atoms with van der Waals surface area (Å²) < 4.78 is 12.3. The van der Waals surface area contributed by atoms with Crippen molar-refractivity contribution in [1.29, 1.82) is 0 Å². The first kappa shape index (κ1) is 17.2. The van der Waals surface area contributed by atoms with E-state index in [0.717, 1.165) is 26.0 Å². The number of ether oxygens (including phenoxy) is 2. The third-order valence-electron chi connectivity index (χ3n) is 6.11. The average molecular weight is 297 g/mol. The molecule has 0 aromatic rings. The van der Waals surface area contributed by atoms with Crippen molar-refractivity contribution in [2.75, 3.05) is 20.3 Å². The second-order valence-corrected chi connectivity index (χ2v) is 7.00. The van der Waals surface area contributed by atoms with Crippen LogP contribution in [-0.4, -0.2) is 37.5 Å². The van der Waals surface area contributed by atoms with Gasteiger partial charge < -0.3 is 14.8 Å². The van der Waals surface area contributed by atoms with Gasteiger partial charge >= 0.3 is 0 Å². The minimum absolute atomic E-state index is 0.0299. The van der Waals surface area contributed by atoms with Crippen LogP contribution in [0.2, 0.25) is 0 Å². The van der Waals surface area contributed by atoms with Crippen molar-refractivity contribution in [3.05, 3.63) is 0 Å². The Balaban J connectivity index is 2.16. The van der Waals surface area contributed by atoms with Crippen LogP contribution in [0, 0.1) is 5.92 Å². The lowest BCUT2D eigenvalue weighted by Gasteiger charge is -2.48. The van der Waals surface area contributed by atoms with Crippen LogP contribution < -0.4 is 5.32 Å². The zero-order valence-electron chi connectivity index (χ0n) is 14.5. The zero-order chi connectivity index (χ0) is 15.3. The molecule has 0 amide bonds. The molecule has 124 valence electrons. The molecule has 2 aliphatic rings. The minimum atomic E-state index is -0.0299. The van der Waals surface area contributed by atoms with Crippen LogP contribution in [0.15, 0.2) is 0 Å². The summed E-state index contributed by atoms with van der Waals surface area (Å²) in [7, 11) is 1.89. The van der Waals surface area contributed by atoms with Gasteiger partial charge in [-0.2, -0.15) is 0 Å². The maximum Gasteiger partial charge on any atom is 0.0828 e. The molecule has 3 nitrogen and oxygen atoms in total. The summed E-state index contributed by atoms with van der Waals surface area (Å²) in [5, 5.41) is 3.77. The molecule has 1 saturated heterocycles. The molecule has 0 radical (unpaired) electrons. The highest BCUT2D eigenvalue weighted by Crippen LogP contribution is 2.45. The molecule has 1 N–H and O–H groups in total. The van der Waals surface area contributed by atoms with E-state index in [-0.39, 0.29) is 11.2 Å². The number of rotatable bonds is 7. The molecular formula is C18H35NO2. The van der Waals surface area contributed by atoms with Crippen molar-refractivity contribution >= 4 is 0 Å². The summed E-state index contributed by atoms with van der Waals surface area (Å²) in [5.41, 5.74) is 0.162. The van der Waals surface area contributed by atoms with Crippen LogP contribution in [0.3, 0.4) is 0 Å². The Morgan fingerprint density at radius 3 is 2.43 bits per heavy atom. The van der Waals surface area contributed by atoms with Crippen LogP contribution in [0.1, 0.15) is 72.1 Å². The lowest BCUT2D eigenvalue weighted by molar-refractivity contribution is -0.126. The molecule has 2 rings (SSSR count). The largest absolute Gasteiger partial charge is 0.377 e. The summed E-state index contributed by atoms with van der Waals surface area (Å²) in [4.78, 5) is 0. The Hall–Kier alpha value is -0.120. The van der Waals surface area contributed by atoms with E-state index in [1.807, 2.05) is 7.11 Å². The molecule has 2 atom stereocenters. The third kappa shape index (κ3) is 3.46. The van der Waals surface area contributed by atoms with E-state index < -0.39 is 0 Å². The molecule has 3 heteroatoms. The molecule has 0 aromatic carbocycles. The van der Waals surface area contributed by atoms with E-state index in [1.54, 1.807) is 0 Å². The number of nitrogens with one attached hydrogen (secondary N) is 1. The van der Waals surface area contributed by atoms with E-state index in [0.29, 0.717) is 12.0 Å². The van der Waals surface area contributed by atoms with Gasteiger partial charge in [0.05, 0.1) is 11.2 Å². The molecule has 2 fully saturated rings. The van der Waals surface area contributed by atoms with E-state index in [9.17, 15) is 0 Å². The molecule has 1 aliphatic heterocycles. The van der Waals surface area contributed by atoms with Crippen LogP contribution in [0.4, 0.5) is 0 Å². The van der Waals surface area contributed by atoms with Crippen LogP contribution >= 0.6 is 0 Å². The first-order valence-electron chi connectivity index (χ1n) is 9.07. The quantitative estimate of drug-likeness (QED) is 0.773. The maximum absolute atomic E-state index is 6.23. The Labute approximate surface area is 131 Å². The molecule has 1 heterocycles. The molecule has 0 aromatic heterocycles. The summed E-state index contributed by atoms with van der Waals surface area (Å²) in [6.07, 6.45) is 9.75. The molecule has 1 spiro atoms. The smallest absolute Gasteiger partial charge is 0.0828 e. The molecule has 1 aliphatic carbocycles. The SMILES string of the molecule is CCNC(C1CCOC2(CCCC2)C1)C(CC)(CC)OC. The standard InChI is InChI=1S/C18H35NO2/c1-5-18(6-2,20-4)16(19-7-3)15-10-13-21-17(14-15)11-8-9-12-17/h15-16,19H,5-14H2,1-4H3. The monoisotopic (exact) mass is 297 g/mol. The number of hydrogen-bond donors (Lipinski definition) is 1. The Bertz CT molecular complexity index is 300. The second kappa shape index (κ2) is 7.43. The van der Waals surface area contributed by atoms with E-state index >= 15 is 0 Å². The predicted molar refractivity (Wildman–Crippen MR) is 87.7 cm³/mol. The summed E-state index contributed by atoms with van der Waals surface area (Å²) in [6.45, 7) is 8.69. The number of hydrogen-bond acceptors (Lipinski definition) is 3. The maximum atomic E-state index is 6.23. The molecular weight excluding hydrogens is 262 g/mol. The van der Waals surface area contributed by atoms with Gasteiger partial charge in [0.25, 0.3) is 0 Å². The molecule has 21 heavy (non-hydrogen) atoms. The topological polar surface area (TPSA) is 30.5 Å². The first-order valence-corrected chi connectivity index (χ1v) is 9.07. The van der Waals surface area contributed by atoms with Gasteiger partial charge in [-0.15, -0.1) is 0 Å². The first-order chi connectivity index (χ1) is 10.2. The summed E-state index contributed by atoms with van der Waals surface area (Å²) in [5.74, 6) is 0.677. The predicted octanol–water partition coefficient (Wildman–Crippen LogP) is 3.91. The van der Waals surface area contributed by atoms with Crippen molar-refractivity contribution < 1.29 is 9.47 Å². The van der Waals surface area contributed by atoms with Crippen LogP contribution in [0.5, 0.6) is 0 Å². The summed E-state index contributed by atoms with van der Waals surface area (Å²) in [6, 6.07) is 0.448. The third-order valence-corrected chi connectivity index (χ3v) is 6.11. The fourth-order valence-electron chi connectivity index (χ4n) is 4.83. The van der Waals surface area contributed by atoms with Gasteiger partial charge in [0.15, 0.2) is 0 Å². The molecule has 1 saturated carbocycles. The van der Waals surface area contributed by atoms with E-state index in [2.05, 4.69) is 26.1 Å². The van der Waals surface area contributed by atoms with Gasteiger partial charge in [-0.05, 0) is 51.0 Å².